The van der Waals surface area contributed by atoms with Gasteiger partial charge < -0.3 is 20.5 Å². The Kier molecular flexibility index (Phi) is 6.39. The van der Waals surface area contributed by atoms with Gasteiger partial charge in [0.15, 0.2) is 0 Å². The second-order valence-electron chi connectivity index (χ2n) is 5.87. The van der Waals surface area contributed by atoms with E-state index in [2.05, 4.69) is 10.6 Å². The molecule has 6 heteroatoms. The zero-order chi connectivity index (χ0) is 18.2. The Balaban J connectivity index is 1.96. The number of hydrogen-bond acceptors (Lipinski definition) is 3. The summed E-state index contributed by atoms with van der Waals surface area (Å²) in [7, 11) is 0. The summed E-state index contributed by atoms with van der Waals surface area (Å²) in [5.74, 6) is -0.164. The van der Waals surface area contributed by atoms with Crippen molar-refractivity contribution in [1.29, 1.82) is 0 Å². The van der Waals surface area contributed by atoms with Crippen LogP contribution in [0.5, 0.6) is 5.75 Å². The summed E-state index contributed by atoms with van der Waals surface area (Å²) in [6.45, 7) is 3.87. The van der Waals surface area contributed by atoms with Gasteiger partial charge >= 0.3 is 12.0 Å². The number of ether oxygens (including phenoxy) is 1. The van der Waals surface area contributed by atoms with Crippen molar-refractivity contribution in [3.8, 4) is 5.75 Å². The molecule has 0 aliphatic rings. The van der Waals surface area contributed by atoms with E-state index in [9.17, 15) is 9.59 Å². The van der Waals surface area contributed by atoms with E-state index >= 15 is 0 Å². The lowest BCUT2D eigenvalue weighted by Gasteiger charge is -2.12. The Hall–Kier alpha value is -3.02. The Morgan fingerprint density at radius 3 is 2.32 bits per heavy atom. The first kappa shape index (κ1) is 18.3. The molecule has 2 amide bonds. The molecule has 0 fully saturated rings. The van der Waals surface area contributed by atoms with Crippen molar-refractivity contribution in [2.24, 2.45) is 0 Å². The molecule has 0 saturated carbocycles. The number of carboxylic acid groups (broad SMARTS) is 1. The van der Waals surface area contributed by atoms with Crippen LogP contribution in [0.3, 0.4) is 0 Å². The number of nitrogens with one attached hydrogen (secondary N) is 2. The van der Waals surface area contributed by atoms with E-state index in [-0.39, 0.29) is 18.6 Å². The number of aryl methyl sites for hydroxylation is 1. The van der Waals surface area contributed by atoms with E-state index in [4.69, 9.17) is 9.84 Å². The summed E-state index contributed by atoms with van der Waals surface area (Å²) in [5.41, 5.74) is 2.08. The van der Waals surface area contributed by atoms with Crippen LogP contribution in [-0.2, 0) is 11.2 Å². The third-order valence-corrected chi connectivity index (χ3v) is 3.28. The third kappa shape index (κ3) is 6.55. The highest BCUT2D eigenvalue weighted by atomic mass is 16.5. The van der Waals surface area contributed by atoms with Gasteiger partial charge in [-0.2, -0.15) is 0 Å². The zero-order valence-corrected chi connectivity index (χ0v) is 14.3. The molecule has 0 spiro atoms. The first-order valence-corrected chi connectivity index (χ1v) is 8.08. The minimum absolute atomic E-state index is 0.0534. The second kappa shape index (κ2) is 8.73. The van der Waals surface area contributed by atoms with Crippen LogP contribution in [0.1, 0.15) is 25.8 Å². The van der Waals surface area contributed by atoms with Crippen LogP contribution in [-0.4, -0.2) is 23.2 Å². The summed E-state index contributed by atoms with van der Waals surface area (Å²) in [4.78, 5) is 22.8. The summed E-state index contributed by atoms with van der Waals surface area (Å²) in [6, 6.07) is 13.9. The molecule has 0 unspecified atom stereocenters. The molecule has 2 aromatic carbocycles. The summed E-state index contributed by atoms with van der Waals surface area (Å²) >= 11 is 0. The van der Waals surface area contributed by atoms with Gasteiger partial charge in [-0.05, 0) is 50.1 Å². The summed E-state index contributed by atoms with van der Waals surface area (Å²) < 4.78 is 5.60. The molecule has 0 aliphatic heterocycles. The van der Waals surface area contributed by atoms with Gasteiger partial charge in [-0.15, -0.1) is 0 Å². The molecular weight excluding hydrogens is 320 g/mol. The standard InChI is InChI=1S/C19H22N2O4/c1-13(2)25-17-8-4-7-16(12-17)21-19(24)20-15-6-3-5-14(11-15)9-10-18(22)23/h3-8,11-13H,9-10H2,1-2H3,(H,22,23)(H2,20,21,24). The van der Waals surface area contributed by atoms with Crippen LogP contribution in [0.4, 0.5) is 16.2 Å². The predicted molar refractivity (Wildman–Crippen MR) is 97.2 cm³/mol. The number of aliphatic carboxylic acids is 1. The molecule has 0 aromatic heterocycles. The van der Waals surface area contributed by atoms with E-state index in [1.165, 1.54) is 0 Å². The van der Waals surface area contributed by atoms with Crippen molar-refractivity contribution in [1.82, 2.24) is 0 Å². The number of rotatable bonds is 7. The fourth-order valence-corrected chi connectivity index (χ4v) is 2.27. The minimum atomic E-state index is -0.848. The molecule has 3 N–H and O–H groups in total. The van der Waals surface area contributed by atoms with E-state index in [0.29, 0.717) is 23.5 Å². The van der Waals surface area contributed by atoms with Gasteiger partial charge in [-0.3, -0.25) is 4.79 Å². The molecule has 0 saturated heterocycles. The number of benzene rings is 2. The number of carbonyl (C=O) groups excluding carboxylic acids is 1. The first-order valence-electron chi connectivity index (χ1n) is 8.08. The smallest absolute Gasteiger partial charge is 0.323 e. The summed E-state index contributed by atoms with van der Waals surface area (Å²) in [5, 5.41) is 14.2. The SMILES string of the molecule is CC(C)Oc1cccc(NC(=O)Nc2cccc(CCC(=O)O)c2)c1. The van der Waals surface area contributed by atoms with E-state index < -0.39 is 5.97 Å². The molecule has 0 bridgehead atoms. The largest absolute Gasteiger partial charge is 0.491 e. The summed E-state index contributed by atoms with van der Waals surface area (Å²) in [6.07, 6.45) is 0.525. The van der Waals surface area contributed by atoms with E-state index in [0.717, 1.165) is 5.56 Å². The van der Waals surface area contributed by atoms with Crippen LogP contribution in [0, 0.1) is 0 Å². The fourth-order valence-electron chi connectivity index (χ4n) is 2.27. The maximum atomic E-state index is 12.1. The number of anilines is 2. The first-order chi connectivity index (χ1) is 11.9. The normalized spacial score (nSPS) is 10.4. The monoisotopic (exact) mass is 342 g/mol. The maximum absolute atomic E-state index is 12.1. The van der Waals surface area contributed by atoms with Crippen molar-refractivity contribution < 1.29 is 19.4 Å². The van der Waals surface area contributed by atoms with Crippen LogP contribution in [0.15, 0.2) is 48.5 Å². The van der Waals surface area contributed by atoms with Crippen molar-refractivity contribution in [2.45, 2.75) is 32.8 Å². The quantitative estimate of drug-likeness (QED) is 0.706. The predicted octanol–water partition coefficient (Wildman–Crippen LogP) is 4.14. The molecule has 2 rings (SSSR count). The Bertz CT molecular complexity index is 744. The molecule has 0 aliphatic carbocycles. The average molecular weight is 342 g/mol. The van der Waals surface area contributed by atoms with Crippen molar-refractivity contribution in [3.63, 3.8) is 0 Å². The average Bonchev–Trinajstić information content (AvgIpc) is 2.53. The maximum Gasteiger partial charge on any atom is 0.323 e. The van der Waals surface area contributed by atoms with E-state index in [1.807, 2.05) is 26.0 Å². The fraction of sp³-hybridized carbons (Fsp3) is 0.263. The molecule has 6 nitrogen and oxygen atoms in total. The highest BCUT2D eigenvalue weighted by molar-refractivity contribution is 5.99. The molecule has 2 aromatic rings. The highest BCUT2D eigenvalue weighted by Crippen LogP contribution is 2.19. The van der Waals surface area contributed by atoms with E-state index in [1.54, 1.807) is 36.4 Å². The second-order valence-corrected chi connectivity index (χ2v) is 5.87. The Morgan fingerprint density at radius 2 is 1.68 bits per heavy atom. The van der Waals surface area contributed by atoms with Gasteiger partial charge in [0.05, 0.1) is 6.10 Å². The lowest BCUT2D eigenvalue weighted by molar-refractivity contribution is -0.136. The van der Waals surface area contributed by atoms with Crippen molar-refractivity contribution >= 4 is 23.4 Å². The van der Waals surface area contributed by atoms with Gasteiger partial charge in [-0.25, -0.2) is 4.79 Å². The number of amides is 2. The molecule has 0 atom stereocenters. The number of urea groups is 1. The molecular formula is C19H22N2O4. The third-order valence-electron chi connectivity index (χ3n) is 3.28. The van der Waals surface area contributed by atoms with Crippen LogP contribution >= 0.6 is 0 Å². The van der Waals surface area contributed by atoms with Gasteiger partial charge in [0.1, 0.15) is 5.75 Å². The lowest BCUT2D eigenvalue weighted by atomic mass is 10.1. The van der Waals surface area contributed by atoms with Crippen molar-refractivity contribution in [2.75, 3.05) is 10.6 Å². The number of hydrogen-bond donors (Lipinski definition) is 3. The molecule has 0 heterocycles. The van der Waals surface area contributed by atoms with Crippen LogP contribution < -0.4 is 15.4 Å². The molecule has 25 heavy (non-hydrogen) atoms. The highest BCUT2D eigenvalue weighted by Gasteiger charge is 2.06. The number of carboxylic acids is 1. The number of carbonyl (C=O) groups is 2. The van der Waals surface area contributed by atoms with Gasteiger partial charge in [0.2, 0.25) is 0 Å². The van der Waals surface area contributed by atoms with Crippen molar-refractivity contribution in [3.05, 3.63) is 54.1 Å². The topological polar surface area (TPSA) is 87.7 Å². The van der Waals surface area contributed by atoms with Gasteiger partial charge in [0.25, 0.3) is 0 Å². The molecule has 0 radical (unpaired) electrons. The Labute approximate surface area is 146 Å². The van der Waals surface area contributed by atoms with Crippen LogP contribution in [0.2, 0.25) is 0 Å². The van der Waals surface area contributed by atoms with Gasteiger partial charge in [0, 0.05) is 23.9 Å². The van der Waals surface area contributed by atoms with Gasteiger partial charge in [-0.1, -0.05) is 18.2 Å². The zero-order valence-electron chi connectivity index (χ0n) is 14.3. The lowest BCUT2D eigenvalue weighted by Crippen LogP contribution is -2.19. The minimum Gasteiger partial charge on any atom is -0.491 e. The molecule has 132 valence electrons. The van der Waals surface area contributed by atoms with Crippen LogP contribution in [0.25, 0.3) is 0 Å². The Morgan fingerprint density at radius 1 is 1.04 bits per heavy atom.